The summed E-state index contributed by atoms with van der Waals surface area (Å²) >= 11 is 0. The first kappa shape index (κ1) is 19.5. The average Bonchev–Trinajstić information content (AvgIpc) is 3.07. The Labute approximate surface area is 166 Å². The Kier molecular flexibility index (Phi) is 5.10. The molecule has 1 aliphatic heterocycles. The lowest BCUT2D eigenvalue weighted by Crippen LogP contribution is -2.39. The van der Waals surface area contributed by atoms with Crippen molar-refractivity contribution in [3.8, 4) is 17.0 Å². The summed E-state index contributed by atoms with van der Waals surface area (Å²) in [7, 11) is 1.61. The topological polar surface area (TPSA) is 47.4 Å². The number of para-hydroxylation sites is 1. The van der Waals surface area contributed by atoms with Gasteiger partial charge in [0.15, 0.2) is 0 Å². The normalized spacial score (nSPS) is 19.5. The zero-order valence-corrected chi connectivity index (χ0v) is 16.1. The van der Waals surface area contributed by atoms with E-state index in [1.807, 2.05) is 0 Å². The van der Waals surface area contributed by atoms with Crippen molar-refractivity contribution in [1.82, 2.24) is 14.7 Å². The number of piperidine rings is 1. The van der Waals surface area contributed by atoms with Crippen LogP contribution in [0.5, 0.6) is 5.75 Å². The molecule has 154 valence electrons. The van der Waals surface area contributed by atoms with Gasteiger partial charge in [-0.15, -0.1) is 13.2 Å². The van der Waals surface area contributed by atoms with Crippen LogP contribution in [0.2, 0.25) is 0 Å². The SMILES string of the molecule is Cn1ncc(C(=O)N2CCCC3CCCC=C32)c1-c1ccccc1OC(F)(F)F. The zero-order chi connectivity index (χ0) is 20.6. The van der Waals surface area contributed by atoms with Crippen LogP contribution in [0.4, 0.5) is 13.2 Å². The number of ether oxygens (including phenoxy) is 1. The van der Waals surface area contributed by atoms with Crippen LogP contribution >= 0.6 is 0 Å². The molecule has 2 heterocycles. The molecule has 1 aromatic carbocycles. The van der Waals surface area contributed by atoms with Crippen molar-refractivity contribution in [2.45, 2.75) is 38.5 Å². The number of nitrogens with zero attached hydrogens (tertiary/aromatic N) is 3. The van der Waals surface area contributed by atoms with E-state index in [0.717, 1.165) is 37.8 Å². The Balaban J connectivity index is 1.74. The van der Waals surface area contributed by atoms with Gasteiger partial charge in [-0.3, -0.25) is 9.48 Å². The molecule has 2 aliphatic rings. The Morgan fingerprint density at radius 3 is 2.76 bits per heavy atom. The minimum absolute atomic E-state index is 0.180. The van der Waals surface area contributed by atoms with Crippen LogP contribution in [0.25, 0.3) is 11.3 Å². The smallest absolute Gasteiger partial charge is 0.405 e. The maximum atomic E-state index is 13.4. The Morgan fingerprint density at radius 2 is 1.97 bits per heavy atom. The Morgan fingerprint density at radius 1 is 1.21 bits per heavy atom. The molecule has 0 N–H and O–H groups in total. The van der Waals surface area contributed by atoms with Crippen molar-refractivity contribution in [1.29, 1.82) is 0 Å². The second kappa shape index (κ2) is 7.57. The first-order chi connectivity index (χ1) is 13.8. The van der Waals surface area contributed by atoms with Crippen molar-refractivity contribution in [2.75, 3.05) is 6.54 Å². The van der Waals surface area contributed by atoms with Crippen molar-refractivity contribution in [3.05, 3.63) is 47.8 Å². The fourth-order valence-corrected chi connectivity index (χ4v) is 4.33. The van der Waals surface area contributed by atoms with Gasteiger partial charge in [0.2, 0.25) is 0 Å². The fourth-order valence-electron chi connectivity index (χ4n) is 4.33. The molecule has 29 heavy (non-hydrogen) atoms. The number of carbonyl (C=O) groups is 1. The lowest BCUT2D eigenvalue weighted by Gasteiger charge is -2.38. The lowest BCUT2D eigenvalue weighted by molar-refractivity contribution is -0.274. The van der Waals surface area contributed by atoms with E-state index >= 15 is 0 Å². The van der Waals surface area contributed by atoms with Crippen molar-refractivity contribution in [2.24, 2.45) is 13.0 Å². The summed E-state index contributed by atoms with van der Waals surface area (Å²) in [4.78, 5) is 15.2. The summed E-state index contributed by atoms with van der Waals surface area (Å²) in [5, 5.41) is 4.16. The number of hydrogen-bond acceptors (Lipinski definition) is 3. The van der Waals surface area contributed by atoms with Crippen LogP contribution < -0.4 is 4.74 Å². The predicted octanol–water partition coefficient (Wildman–Crippen LogP) is 4.91. The van der Waals surface area contributed by atoms with Crippen LogP contribution in [0, 0.1) is 5.92 Å². The van der Waals surface area contributed by atoms with Gasteiger partial charge in [-0.05, 0) is 50.2 Å². The second-order valence-corrected chi connectivity index (χ2v) is 7.43. The molecule has 1 fully saturated rings. The van der Waals surface area contributed by atoms with Crippen LogP contribution in [0.15, 0.2) is 42.2 Å². The van der Waals surface area contributed by atoms with Gasteiger partial charge in [-0.25, -0.2) is 0 Å². The van der Waals surface area contributed by atoms with Crippen LogP contribution in [0.1, 0.15) is 42.5 Å². The minimum Gasteiger partial charge on any atom is -0.405 e. The lowest BCUT2D eigenvalue weighted by atomic mass is 9.84. The molecule has 1 amide bonds. The highest BCUT2D eigenvalue weighted by atomic mass is 19.4. The van der Waals surface area contributed by atoms with E-state index in [0.29, 0.717) is 18.2 Å². The largest absolute Gasteiger partial charge is 0.573 e. The third-order valence-electron chi connectivity index (χ3n) is 5.56. The Hall–Kier alpha value is -2.77. The van der Waals surface area contributed by atoms with Gasteiger partial charge in [0, 0.05) is 24.9 Å². The molecular weight excluding hydrogens is 383 g/mol. The summed E-state index contributed by atoms with van der Waals surface area (Å²) in [6.45, 7) is 0.607. The second-order valence-electron chi connectivity index (χ2n) is 7.43. The number of fused-ring (bicyclic) bond motifs is 1. The number of aromatic nitrogens is 2. The Bertz CT molecular complexity index is 949. The third kappa shape index (κ3) is 3.88. The number of allylic oxidation sites excluding steroid dienone is 2. The van der Waals surface area contributed by atoms with Gasteiger partial charge in [0.1, 0.15) is 5.75 Å². The first-order valence-corrected chi connectivity index (χ1v) is 9.74. The van der Waals surface area contributed by atoms with E-state index in [2.05, 4.69) is 15.9 Å². The summed E-state index contributed by atoms with van der Waals surface area (Å²) in [5.41, 5.74) is 1.81. The molecule has 0 saturated carbocycles. The van der Waals surface area contributed by atoms with Crippen LogP contribution in [-0.2, 0) is 7.05 Å². The highest BCUT2D eigenvalue weighted by molar-refractivity contribution is 6.01. The number of alkyl halides is 3. The first-order valence-electron chi connectivity index (χ1n) is 9.74. The molecule has 5 nitrogen and oxygen atoms in total. The van der Waals surface area contributed by atoms with Gasteiger partial charge >= 0.3 is 6.36 Å². The molecule has 8 heteroatoms. The maximum Gasteiger partial charge on any atom is 0.573 e. The van der Waals surface area contributed by atoms with E-state index in [1.54, 1.807) is 18.0 Å². The number of hydrogen-bond donors (Lipinski definition) is 0. The summed E-state index contributed by atoms with van der Waals surface area (Å²) < 4.78 is 44.2. The van der Waals surface area contributed by atoms with Gasteiger partial charge in [-0.1, -0.05) is 18.2 Å². The van der Waals surface area contributed by atoms with Crippen molar-refractivity contribution in [3.63, 3.8) is 0 Å². The number of aryl methyl sites for hydroxylation is 1. The summed E-state index contributed by atoms with van der Waals surface area (Å²) in [5.74, 6) is -0.207. The highest BCUT2D eigenvalue weighted by Gasteiger charge is 2.35. The third-order valence-corrected chi connectivity index (χ3v) is 5.56. The quantitative estimate of drug-likeness (QED) is 0.729. The van der Waals surface area contributed by atoms with Gasteiger partial charge in [-0.2, -0.15) is 5.10 Å². The number of halogens is 3. The fraction of sp³-hybridized carbons (Fsp3) is 0.429. The highest BCUT2D eigenvalue weighted by Crippen LogP contribution is 2.39. The van der Waals surface area contributed by atoms with Gasteiger partial charge in [0.25, 0.3) is 5.91 Å². The van der Waals surface area contributed by atoms with Gasteiger partial charge in [0.05, 0.1) is 17.5 Å². The molecule has 1 aliphatic carbocycles. The maximum absolute atomic E-state index is 13.4. The molecule has 2 aromatic rings. The molecule has 0 spiro atoms. The molecular formula is C21H22F3N3O2. The van der Waals surface area contributed by atoms with E-state index in [4.69, 9.17) is 0 Å². The predicted molar refractivity (Wildman–Crippen MR) is 101 cm³/mol. The monoisotopic (exact) mass is 405 g/mol. The molecule has 1 aromatic heterocycles. The van der Waals surface area contributed by atoms with Crippen molar-refractivity contribution >= 4 is 5.91 Å². The number of amides is 1. The standard InChI is InChI=1S/C21H22F3N3O2/c1-26-19(15-9-3-5-11-18(15)29-21(22,23)24)16(13-25-26)20(28)27-12-6-8-14-7-2-4-10-17(14)27/h3,5,9-11,13-14H,2,4,6-8,12H2,1H3. The van der Waals surface area contributed by atoms with Crippen LogP contribution in [-0.4, -0.2) is 33.5 Å². The molecule has 0 radical (unpaired) electrons. The molecule has 1 atom stereocenters. The summed E-state index contributed by atoms with van der Waals surface area (Å²) in [6.07, 6.45) is 3.84. The van der Waals surface area contributed by atoms with Crippen LogP contribution in [0.3, 0.4) is 0 Å². The minimum atomic E-state index is -4.83. The summed E-state index contributed by atoms with van der Waals surface area (Å²) in [6, 6.07) is 5.82. The van der Waals surface area contributed by atoms with Gasteiger partial charge < -0.3 is 9.64 Å². The van der Waals surface area contributed by atoms with E-state index in [1.165, 1.54) is 29.1 Å². The number of benzene rings is 1. The molecule has 1 saturated heterocycles. The molecule has 0 bridgehead atoms. The number of carbonyl (C=O) groups excluding carboxylic acids is 1. The van der Waals surface area contributed by atoms with E-state index in [9.17, 15) is 18.0 Å². The average molecular weight is 405 g/mol. The van der Waals surface area contributed by atoms with E-state index in [-0.39, 0.29) is 22.8 Å². The molecule has 1 unspecified atom stereocenters. The molecule has 4 rings (SSSR count). The number of likely N-dealkylation sites (tertiary alicyclic amines) is 1. The number of rotatable bonds is 3. The zero-order valence-electron chi connectivity index (χ0n) is 16.1. The van der Waals surface area contributed by atoms with Crippen molar-refractivity contribution < 1.29 is 22.7 Å². The van der Waals surface area contributed by atoms with E-state index < -0.39 is 6.36 Å².